The van der Waals surface area contributed by atoms with Crippen molar-refractivity contribution in [1.82, 2.24) is 4.98 Å². The van der Waals surface area contributed by atoms with Crippen LogP contribution in [0.5, 0.6) is 0 Å². The van der Waals surface area contributed by atoms with Crippen LogP contribution in [0.4, 0.5) is 0 Å². The maximum Gasteiger partial charge on any atom is 0.268 e. The van der Waals surface area contributed by atoms with Gasteiger partial charge in [0.15, 0.2) is 6.20 Å². The normalized spacial score (nSPS) is 10.2. The lowest BCUT2D eigenvalue weighted by molar-refractivity contribution is -0.685. The van der Waals surface area contributed by atoms with Crippen LogP contribution in [0.3, 0.4) is 0 Å². The highest BCUT2D eigenvalue weighted by atomic mass is 32.1. The fraction of sp³-hybridized carbons (Fsp3) is 0.143. The Morgan fingerprint density at radius 2 is 1.89 bits per heavy atom. The standard InChI is InChI=1S/C14H12N2O2S/c17-13(11-4-2-1-3-5-11)9-16-7-6-15-8-12(16)14(18)10-19/h1-8H,9-10H2/p+1. The van der Waals surface area contributed by atoms with Gasteiger partial charge in [0, 0.05) is 5.56 Å². The van der Waals surface area contributed by atoms with Gasteiger partial charge in [0.05, 0.1) is 11.9 Å². The van der Waals surface area contributed by atoms with Gasteiger partial charge in [-0.2, -0.15) is 17.2 Å². The molecule has 0 aliphatic heterocycles. The number of hydrogen-bond donors (Lipinski definition) is 1. The van der Waals surface area contributed by atoms with Crippen molar-refractivity contribution in [3.05, 3.63) is 60.2 Å². The van der Waals surface area contributed by atoms with Crippen LogP contribution in [0.1, 0.15) is 20.8 Å². The van der Waals surface area contributed by atoms with E-state index in [2.05, 4.69) is 17.6 Å². The molecule has 0 saturated carbocycles. The van der Waals surface area contributed by atoms with E-state index < -0.39 is 0 Å². The van der Waals surface area contributed by atoms with E-state index in [9.17, 15) is 9.59 Å². The van der Waals surface area contributed by atoms with Gasteiger partial charge in [-0.25, -0.2) is 0 Å². The molecule has 0 bridgehead atoms. The number of benzene rings is 1. The molecular weight excluding hydrogens is 260 g/mol. The number of thiol groups is 1. The maximum atomic E-state index is 12.1. The lowest BCUT2D eigenvalue weighted by Gasteiger charge is -2.01. The molecule has 1 heterocycles. The van der Waals surface area contributed by atoms with E-state index in [4.69, 9.17) is 0 Å². The van der Waals surface area contributed by atoms with Crippen molar-refractivity contribution in [2.24, 2.45) is 0 Å². The predicted octanol–water partition coefficient (Wildman–Crippen LogP) is 1.36. The molecule has 1 aromatic carbocycles. The number of aromatic nitrogens is 2. The third-order valence-electron chi connectivity index (χ3n) is 2.68. The quantitative estimate of drug-likeness (QED) is 0.508. The van der Waals surface area contributed by atoms with Crippen molar-refractivity contribution in [2.45, 2.75) is 6.54 Å². The van der Waals surface area contributed by atoms with E-state index in [0.717, 1.165) is 0 Å². The van der Waals surface area contributed by atoms with E-state index in [1.807, 2.05) is 18.2 Å². The third-order valence-corrected chi connectivity index (χ3v) is 2.97. The molecule has 0 amide bonds. The van der Waals surface area contributed by atoms with Gasteiger partial charge in [0.25, 0.3) is 5.69 Å². The van der Waals surface area contributed by atoms with Gasteiger partial charge >= 0.3 is 0 Å². The van der Waals surface area contributed by atoms with Gasteiger partial charge in [-0.3, -0.25) is 14.6 Å². The number of Topliss-reactive ketones (excluding diaryl/α,β-unsaturated/α-hetero) is 2. The molecule has 4 nitrogen and oxygen atoms in total. The largest absolute Gasteiger partial charge is 0.287 e. The zero-order valence-corrected chi connectivity index (χ0v) is 11.1. The molecule has 0 saturated heterocycles. The second-order valence-corrected chi connectivity index (χ2v) is 4.28. The van der Waals surface area contributed by atoms with Crippen LogP contribution >= 0.6 is 12.6 Å². The van der Waals surface area contributed by atoms with E-state index in [1.54, 1.807) is 29.1 Å². The number of carbonyl (C=O) groups is 2. The first-order valence-electron chi connectivity index (χ1n) is 5.78. The van der Waals surface area contributed by atoms with E-state index in [1.165, 1.54) is 6.20 Å². The molecule has 0 radical (unpaired) electrons. The fourth-order valence-corrected chi connectivity index (χ4v) is 1.87. The number of ketones is 2. The minimum atomic E-state index is -0.155. The summed E-state index contributed by atoms with van der Waals surface area (Å²) < 4.78 is 1.60. The monoisotopic (exact) mass is 273 g/mol. The van der Waals surface area contributed by atoms with Crippen LogP contribution in [-0.4, -0.2) is 22.3 Å². The minimum Gasteiger partial charge on any atom is -0.287 e. The molecule has 96 valence electrons. The fourth-order valence-electron chi connectivity index (χ4n) is 1.71. The van der Waals surface area contributed by atoms with Crippen molar-refractivity contribution < 1.29 is 14.2 Å². The van der Waals surface area contributed by atoms with Crippen molar-refractivity contribution in [2.75, 3.05) is 5.75 Å². The van der Waals surface area contributed by atoms with Gasteiger partial charge in [-0.1, -0.05) is 30.3 Å². The summed E-state index contributed by atoms with van der Waals surface area (Å²) >= 11 is 3.96. The topological polar surface area (TPSA) is 50.9 Å². The van der Waals surface area contributed by atoms with Gasteiger partial charge in [-0.05, 0) is 0 Å². The summed E-state index contributed by atoms with van der Waals surface area (Å²) in [6.07, 6.45) is 4.63. The first kappa shape index (κ1) is 13.4. The Kier molecular flexibility index (Phi) is 4.41. The van der Waals surface area contributed by atoms with Crippen LogP contribution in [0.25, 0.3) is 0 Å². The lowest BCUT2D eigenvalue weighted by Crippen LogP contribution is -2.43. The summed E-state index contributed by atoms with van der Waals surface area (Å²) in [5.41, 5.74) is 1.01. The van der Waals surface area contributed by atoms with Crippen LogP contribution in [0.2, 0.25) is 0 Å². The molecule has 0 unspecified atom stereocenters. The highest BCUT2D eigenvalue weighted by molar-refractivity contribution is 7.81. The van der Waals surface area contributed by atoms with Crippen LogP contribution in [0, 0.1) is 0 Å². The molecule has 0 spiro atoms. The van der Waals surface area contributed by atoms with Crippen molar-refractivity contribution in [3.8, 4) is 0 Å². The molecule has 5 heteroatoms. The molecular formula is C14H13N2O2S+. The Morgan fingerprint density at radius 1 is 1.16 bits per heavy atom. The van der Waals surface area contributed by atoms with Crippen molar-refractivity contribution in [3.63, 3.8) is 0 Å². The highest BCUT2D eigenvalue weighted by Gasteiger charge is 2.20. The van der Waals surface area contributed by atoms with E-state index >= 15 is 0 Å². The third kappa shape index (κ3) is 3.26. The molecule has 0 atom stereocenters. The smallest absolute Gasteiger partial charge is 0.268 e. The van der Waals surface area contributed by atoms with Gasteiger partial charge in [-0.15, -0.1) is 0 Å². The molecule has 2 aromatic rings. The first-order valence-corrected chi connectivity index (χ1v) is 6.41. The van der Waals surface area contributed by atoms with Crippen LogP contribution in [0.15, 0.2) is 48.9 Å². The Labute approximate surface area is 116 Å². The zero-order valence-electron chi connectivity index (χ0n) is 10.2. The predicted molar refractivity (Wildman–Crippen MR) is 73.4 cm³/mol. The van der Waals surface area contributed by atoms with E-state index in [0.29, 0.717) is 11.3 Å². The van der Waals surface area contributed by atoms with Gasteiger partial charge in [0.2, 0.25) is 18.1 Å². The Morgan fingerprint density at radius 3 is 2.58 bits per heavy atom. The molecule has 19 heavy (non-hydrogen) atoms. The van der Waals surface area contributed by atoms with Gasteiger partial charge < -0.3 is 0 Å². The second-order valence-electron chi connectivity index (χ2n) is 3.96. The van der Waals surface area contributed by atoms with Crippen molar-refractivity contribution >= 4 is 24.2 Å². The van der Waals surface area contributed by atoms with Gasteiger partial charge in [0.1, 0.15) is 6.20 Å². The highest BCUT2D eigenvalue weighted by Crippen LogP contribution is 2.01. The summed E-state index contributed by atoms with van der Waals surface area (Å²) in [6, 6.07) is 8.98. The average molecular weight is 273 g/mol. The number of rotatable bonds is 5. The summed E-state index contributed by atoms with van der Waals surface area (Å²) in [5, 5.41) is 0. The first-order chi connectivity index (χ1) is 9.22. The van der Waals surface area contributed by atoms with Crippen LogP contribution < -0.4 is 4.57 Å². The zero-order chi connectivity index (χ0) is 13.7. The Hall–Kier alpha value is -2.01. The Bertz CT molecular complexity index is 599. The van der Waals surface area contributed by atoms with E-state index in [-0.39, 0.29) is 23.9 Å². The molecule has 0 aliphatic carbocycles. The summed E-state index contributed by atoms with van der Waals surface area (Å²) in [7, 11) is 0. The van der Waals surface area contributed by atoms with Crippen molar-refractivity contribution in [1.29, 1.82) is 0 Å². The molecule has 0 N–H and O–H groups in total. The molecule has 0 fully saturated rings. The Balaban J connectivity index is 2.25. The lowest BCUT2D eigenvalue weighted by atomic mass is 10.1. The summed E-state index contributed by atoms with van der Waals surface area (Å²) in [4.78, 5) is 27.7. The van der Waals surface area contributed by atoms with Crippen LogP contribution in [-0.2, 0) is 6.54 Å². The average Bonchev–Trinajstić information content (AvgIpc) is 2.48. The molecule has 0 aliphatic rings. The SMILES string of the molecule is O=C(C[n+]1ccncc1C(=O)CS)c1ccccc1. The molecule has 2 rings (SSSR count). The number of carbonyl (C=O) groups excluding carboxylic acids is 2. The number of hydrogen-bond acceptors (Lipinski definition) is 4. The number of nitrogens with zero attached hydrogens (tertiary/aromatic N) is 2. The maximum absolute atomic E-state index is 12.1. The second kappa shape index (κ2) is 6.24. The molecule has 1 aromatic heterocycles. The summed E-state index contributed by atoms with van der Waals surface area (Å²) in [6.45, 7) is 0.112. The minimum absolute atomic E-state index is 0.0509. The summed E-state index contributed by atoms with van der Waals surface area (Å²) in [5.74, 6) is -0.118.